The van der Waals surface area contributed by atoms with Gasteiger partial charge in [-0.05, 0) is 81.5 Å². The minimum absolute atomic E-state index is 0.220. The topological polar surface area (TPSA) is 55.4 Å². The molecule has 1 atom stereocenters. The number of rotatable bonds is 8. The highest BCUT2D eigenvalue weighted by Crippen LogP contribution is 2.27. The van der Waals surface area contributed by atoms with Crippen molar-refractivity contribution in [1.29, 1.82) is 0 Å². The Bertz CT molecular complexity index is 714. The number of aryl methyl sites for hydroxylation is 2. The molecule has 146 valence electrons. The Labute approximate surface area is 166 Å². The van der Waals surface area contributed by atoms with Crippen molar-refractivity contribution >= 4 is 23.6 Å². The van der Waals surface area contributed by atoms with Gasteiger partial charge in [-0.3, -0.25) is 9.59 Å². The summed E-state index contributed by atoms with van der Waals surface area (Å²) in [6, 6.07) is 6.41. The summed E-state index contributed by atoms with van der Waals surface area (Å²) >= 11 is 1.47. The maximum Gasteiger partial charge on any atom is 0.317 e. The van der Waals surface area contributed by atoms with Crippen molar-refractivity contribution in [1.82, 2.24) is 5.32 Å². The van der Waals surface area contributed by atoms with E-state index >= 15 is 0 Å². The molecule has 0 saturated carbocycles. The average Bonchev–Trinajstić information content (AvgIpc) is 3.15. The predicted molar refractivity (Wildman–Crippen MR) is 109 cm³/mol. The summed E-state index contributed by atoms with van der Waals surface area (Å²) in [6.07, 6.45) is 10.7. The zero-order valence-electron chi connectivity index (χ0n) is 16.1. The molecule has 0 bridgehead atoms. The van der Waals surface area contributed by atoms with E-state index in [-0.39, 0.29) is 17.6 Å². The van der Waals surface area contributed by atoms with E-state index < -0.39 is 6.10 Å². The lowest BCUT2D eigenvalue weighted by atomic mass is 9.97. The molecular weight excluding hydrogens is 358 g/mol. The molecule has 0 spiro atoms. The van der Waals surface area contributed by atoms with E-state index in [1.807, 2.05) is 0 Å². The lowest BCUT2D eigenvalue weighted by Gasteiger charge is -2.15. The molecule has 1 amide bonds. The highest BCUT2D eigenvalue weighted by Gasteiger charge is 2.18. The molecule has 0 aromatic heterocycles. The lowest BCUT2D eigenvalue weighted by Crippen LogP contribution is -2.36. The van der Waals surface area contributed by atoms with Crippen LogP contribution >= 0.6 is 11.8 Å². The van der Waals surface area contributed by atoms with Crippen LogP contribution in [0.25, 0.3) is 0 Å². The first-order valence-electron chi connectivity index (χ1n) is 10.0. The zero-order chi connectivity index (χ0) is 19.1. The molecule has 3 rings (SSSR count). The summed E-state index contributed by atoms with van der Waals surface area (Å²) < 4.78 is 5.28. The van der Waals surface area contributed by atoms with Crippen LogP contribution in [0.3, 0.4) is 0 Å². The van der Waals surface area contributed by atoms with E-state index in [0.29, 0.717) is 6.54 Å². The molecule has 2 aliphatic rings. The monoisotopic (exact) mass is 387 g/mol. The SMILES string of the molecule is C[C@H](OC(=O)CSc1ccc2c(c1)CCC2)C(=O)NCCC1=CCCCC1. The van der Waals surface area contributed by atoms with Gasteiger partial charge in [0.25, 0.3) is 5.91 Å². The first-order valence-corrected chi connectivity index (χ1v) is 11.0. The third-order valence-electron chi connectivity index (χ3n) is 5.23. The number of thioether (sulfide) groups is 1. The number of amides is 1. The quantitative estimate of drug-likeness (QED) is 0.412. The standard InChI is InChI=1S/C22H29NO3S/c1-16(22(25)23-13-12-17-6-3-2-4-7-17)26-21(24)15-27-20-11-10-18-8-5-9-19(18)14-20/h6,10-11,14,16H,2-5,7-9,12-13,15H2,1H3,(H,23,25)/t16-/m0/s1. The second-order valence-electron chi connectivity index (χ2n) is 7.35. The Kier molecular flexibility index (Phi) is 7.39. The second-order valence-corrected chi connectivity index (χ2v) is 8.40. The van der Waals surface area contributed by atoms with Gasteiger partial charge in [-0.2, -0.15) is 0 Å². The number of nitrogens with one attached hydrogen (secondary N) is 1. The van der Waals surface area contributed by atoms with Crippen LogP contribution in [0, 0.1) is 0 Å². The van der Waals surface area contributed by atoms with Gasteiger partial charge >= 0.3 is 5.97 Å². The fourth-order valence-corrected chi connectivity index (χ4v) is 4.43. The number of ether oxygens (including phenoxy) is 1. The Morgan fingerprint density at radius 1 is 1.15 bits per heavy atom. The van der Waals surface area contributed by atoms with E-state index in [0.717, 1.165) is 37.0 Å². The summed E-state index contributed by atoms with van der Waals surface area (Å²) in [5.74, 6) is -0.344. The molecular formula is C22H29NO3S. The van der Waals surface area contributed by atoms with Crippen molar-refractivity contribution in [3.8, 4) is 0 Å². The maximum atomic E-state index is 12.1. The van der Waals surface area contributed by atoms with Crippen LogP contribution in [0.1, 0.15) is 56.6 Å². The van der Waals surface area contributed by atoms with E-state index in [1.165, 1.54) is 47.7 Å². The van der Waals surface area contributed by atoms with Gasteiger partial charge < -0.3 is 10.1 Å². The van der Waals surface area contributed by atoms with Crippen molar-refractivity contribution in [3.05, 3.63) is 41.0 Å². The molecule has 1 aromatic carbocycles. The largest absolute Gasteiger partial charge is 0.452 e. The number of fused-ring (bicyclic) bond motifs is 1. The molecule has 1 aromatic rings. The molecule has 0 heterocycles. The second kappa shape index (κ2) is 9.98. The Morgan fingerprint density at radius 3 is 2.81 bits per heavy atom. The van der Waals surface area contributed by atoms with E-state index in [1.54, 1.807) is 6.92 Å². The molecule has 0 fully saturated rings. The van der Waals surface area contributed by atoms with Gasteiger partial charge in [-0.1, -0.05) is 17.7 Å². The normalized spacial score (nSPS) is 17.0. The van der Waals surface area contributed by atoms with Gasteiger partial charge in [-0.15, -0.1) is 11.8 Å². The summed E-state index contributed by atoms with van der Waals surface area (Å²) in [4.78, 5) is 25.3. The van der Waals surface area contributed by atoms with Crippen LogP contribution in [0.2, 0.25) is 0 Å². The van der Waals surface area contributed by atoms with Gasteiger partial charge in [0.1, 0.15) is 0 Å². The van der Waals surface area contributed by atoms with Crippen molar-refractivity contribution in [2.24, 2.45) is 0 Å². The van der Waals surface area contributed by atoms with Crippen LogP contribution in [0.15, 0.2) is 34.7 Å². The van der Waals surface area contributed by atoms with Gasteiger partial charge in [0.15, 0.2) is 6.10 Å². The van der Waals surface area contributed by atoms with Crippen molar-refractivity contribution in [2.75, 3.05) is 12.3 Å². The lowest BCUT2D eigenvalue weighted by molar-refractivity contribution is -0.152. The highest BCUT2D eigenvalue weighted by atomic mass is 32.2. The Balaban J connectivity index is 1.35. The number of esters is 1. The van der Waals surface area contributed by atoms with E-state index in [9.17, 15) is 9.59 Å². The fourth-order valence-electron chi connectivity index (χ4n) is 3.69. The molecule has 2 aliphatic carbocycles. The summed E-state index contributed by atoms with van der Waals surface area (Å²) in [5, 5.41) is 2.87. The van der Waals surface area contributed by atoms with Gasteiger partial charge in [0, 0.05) is 11.4 Å². The van der Waals surface area contributed by atoms with Crippen LogP contribution in [0.4, 0.5) is 0 Å². The number of allylic oxidation sites excluding steroid dienone is 1. The van der Waals surface area contributed by atoms with Crippen molar-refractivity contribution < 1.29 is 14.3 Å². The zero-order valence-corrected chi connectivity index (χ0v) is 16.9. The van der Waals surface area contributed by atoms with Gasteiger partial charge in [-0.25, -0.2) is 0 Å². The number of carbonyl (C=O) groups is 2. The molecule has 0 aliphatic heterocycles. The number of benzene rings is 1. The highest BCUT2D eigenvalue weighted by molar-refractivity contribution is 8.00. The summed E-state index contributed by atoms with van der Waals surface area (Å²) in [6.45, 7) is 2.24. The maximum absolute atomic E-state index is 12.1. The molecule has 0 saturated heterocycles. The van der Waals surface area contributed by atoms with E-state index in [2.05, 4.69) is 29.6 Å². The smallest absolute Gasteiger partial charge is 0.317 e. The van der Waals surface area contributed by atoms with Crippen LogP contribution in [-0.4, -0.2) is 30.3 Å². The molecule has 4 nitrogen and oxygen atoms in total. The average molecular weight is 388 g/mol. The summed E-state index contributed by atoms with van der Waals surface area (Å²) in [7, 11) is 0. The Hall–Kier alpha value is -1.75. The van der Waals surface area contributed by atoms with E-state index in [4.69, 9.17) is 4.74 Å². The number of carbonyl (C=O) groups excluding carboxylic acids is 2. The fraction of sp³-hybridized carbons (Fsp3) is 0.545. The van der Waals surface area contributed by atoms with Crippen LogP contribution in [-0.2, 0) is 27.2 Å². The van der Waals surface area contributed by atoms with Crippen LogP contribution in [0.5, 0.6) is 0 Å². The third-order valence-corrected chi connectivity index (χ3v) is 6.20. The van der Waals surface area contributed by atoms with Gasteiger partial charge in [0.05, 0.1) is 5.75 Å². The third kappa shape index (κ3) is 6.13. The van der Waals surface area contributed by atoms with Gasteiger partial charge in [0.2, 0.25) is 0 Å². The molecule has 0 unspecified atom stereocenters. The number of hydrogen-bond donors (Lipinski definition) is 1. The van der Waals surface area contributed by atoms with Crippen molar-refractivity contribution in [2.45, 2.75) is 69.3 Å². The number of hydrogen-bond acceptors (Lipinski definition) is 4. The first-order chi connectivity index (χ1) is 13.1. The molecule has 27 heavy (non-hydrogen) atoms. The minimum atomic E-state index is -0.751. The molecule has 5 heteroatoms. The van der Waals surface area contributed by atoms with Crippen LogP contribution < -0.4 is 5.32 Å². The predicted octanol–water partition coefficient (Wildman–Crippen LogP) is 4.21. The van der Waals surface area contributed by atoms with Crippen molar-refractivity contribution in [3.63, 3.8) is 0 Å². The Morgan fingerprint density at radius 2 is 2.00 bits per heavy atom. The molecule has 0 radical (unpaired) electrons. The molecule has 1 N–H and O–H groups in total. The summed E-state index contributed by atoms with van der Waals surface area (Å²) in [5.41, 5.74) is 4.25. The minimum Gasteiger partial charge on any atom is -0.452 e. The first kappa shape index (κ1) is 20.0.